The number of carbonyl (C=O) groups is 5. The highest BCUT2D eigenvalue weighted by Gasteiger charge is 2.39. The average Bonchev–Trinajstić information content (AvgIpc) is 3.68. The maximum atomic E-state index is 14.8. The number of carboxylic acids is 1. The Morgan fingerprint density at radius 3 is 2.33 bits per heavy atom. The molecule has 2 aromatic rings. The number of hydrogen-bond acceptors (Lipinski definition) is 11. The molecule has 1 fully saturated rings. The first-order valence-corrected chi connectivity index (χ1v) is 21.8. The Kier molecular flexibility index (Phi) is 20.1. The molecule has 0 radical (unpaired) electrons. The molecule has 1 aromatic heterocycles. The van der Waals surface area contributed by atoms with Gasteiger partial charge in [-0.25, -0.2) is 4.98 Å². The molecule has 4 N–H and O–H groups in total. The van der Waals surface area contributed by atoms with Crippen molar-refractivity contribution in [2.45, 2.75) is 143 Å². The standard InChI is InChI=1S/C43H67N5O9S/c1-9-11-14-21-56-26-48(42(53)38(28(5)10-2)46-40(52)35-15-12-13-20-47(35)8)36(27(3)4)24-37(57-30(7)49)41-45-34(25-58-41)39(51)44-32(22-29(6)43(54)55)23-31-16-18-33(50)19-17-31/h16-19,25,27-29,32,35-38,50H,9-15,20-24,26H2,1-8H3,(H,44,51)(H,46,52)(H,54,55). The summed E-state index contributed by atoms with van der Waals surface area (Å²) in [6, 6.07) is 4.30. The summed E-state index contributed by atoms with van der Waals surface area (Å²) < 4.78 is 12.0. The van der Waals surface area contributed by atoms with Gasteiger partial charge in [0.25, 0.3) is 5.91 Å². The predicted octanol–water partition coefficient (Wildman–Crippen LogP) is 6.33. The third kappa shape index (κ3) is 14.9. The van der Waals surface area contributed by atoms with Crippen LogP contribution in [0.5, 0.6) is 5.75 Å². The van der Waals surface area contributed by atoms with Crippen LogP contribution in [0.3, 0.4) is 0 Å². The fourth-order valence-electron chi connectivity index (χ4n) is 7.27. The van der Waals surface area contributed by atoms with E-state index in [1.54, 1.807) is 29.3 Å². The molecule has 15 heteroatoms. The van der Waals surface area contributed by atoms with Crippen molar-refractivity contribution in [1.82, 2.24) is 25.4 Å². The molecule has 3 rings (SSSR count). The summed E-state index contributed by atoms with van der Waals surface area (Å²) in [5.41, 5.74) is 0.885. The molecule has 14 nitrogen and oxygen atoms in total. The van der Waals surface area contributed by atoms with Crippen molar-refractivity contribution in [3.8, 4) is 5.75 Å². The SMILES string of the molecule is CCCCCOCN(C(=O)C(NC(=O)C1CCCCN1C)C(C)CC)C(CC(OC(C)=O)c1nc(C(=O)NC(Cc2ccc(O)cc2)CC(C)C(=O)O)cs1)C(C)C. The molecule has 58 heavy (non-hydrogen) atoms. The zero-order chi connectivity index (χ0) is 42.9. The second-order valence-corrected chi connectivity index (χ2v) is 17.0. The van der Waals surface area contributed by atoms with Gasteiger partial charge in [0.05, 0.1) is 12.0 Å². The number of carbonyl (C=O) groups excluding carboxylic acids is 4. The van der Waals surface area contributed by atoms with E-state index in [1.807, 2.05) is 39.6 Å². The van der Waals surface area contributed by atoms with Gasteiger partial charge in [0, 0.05) is 37.4 Å². The van der Waals surface area contributed by atoms with Crippen molar-refractivity contribution in [3.63, 3.8) is 0 Å². The van der Waals surface area contributed by atoms with Crippen LogP contribution >= 0.6 is 11.3 Å². The lowest BCUT2D eigenvalue weighted by atomic mass is 9.92. The van der Waals surface area contributed by atoms with Gasteiger partial charge in [-0.1, -0.05) is 79.4 Å². The second kappa shape index (κ2) is 24.1. The number of phenols is 1. The third-order valence-corrected chi connectivity index (χ3v) is 12.0. The van der Waals surface area contributed by atoms with E-state index in [-0.39, 0.29) is 60.7 Å². The van der Waals surface area contributed by atoms with Crippen LogP contribution in [0, 0.1) is 17.8 Å². The lowest BCUT2D eigenvalue weighted by molar-refractivity contribution is -0.153. The number of ether oxygens (including phenoxy) is 2. The number of unbranched alkanes of at least 4 members (excludes halogenated alkanes) is 2. The number of esters is 1. The fraction of sp³-hybridized carbons (Fsp3) is 0.674. The number of phenolic OH excluding ortho intramolecular Hbond substituents is 1. The fourth-order valence-corrected chi connectivity index (χ4v) is 8.11. The zero-order valence-corrected chi connectivity index (χ0v) is 36.5. The number of aromatic nitrogens is 1. The first-order valence-electron chi connectivity index (χ1n) is 20.9. The van der Waals surface area contributed by atoms with Gasteiger partial charge < -0.3 is 35.2 Å². The third-order valence-electron chi connectivity index (χ3n) is 11.0. The molecule has 0 saturated carbocycles. The van der Waals surface area contributed by atoms with E-state index in [0.29, 0.717) is 24.5 Å². The number of benzene rings is 1. The van der Waals surface area contributed by atoms with E-state index in [0.717, 1.165) is 62.0 Å². The molecule has 0 spiro atoms. The molecular formula is C43H67N5O9S. The summed E-state index contributed by atoms with van der Waals surface area (Å²) in [5.74, 6) is -3.46. The smallest absolute Gasteiger partial charge is 0.306 e. The van der Waals surface area contributed by atoms with Crippen LogP contribution in [-0.4, -0.2) is 106 Å². The number of nitrogens with zero attached hydrogens (tertiary/aromatic N) is 3. The van der Waals surface area contributed by atoms with Crippen LogP contribution in [0.15, 0.2) is 29.6 Å². The molecule has 1 aromatic carbocycles. The van der Waals surface area contributed by atoms with Crippen molar-refractivity contribution >= 4 is 41.0 Å². The summed E-state index contributed by atoms with van der Waals surface area (Å²) in [6.45, 7) is 14.1. The Hall–Kier alpha value is -4.08. The van der Waals surface area contributed by atoms with Crippen molar-refractivity contribution in [2.24, 2.45) is 17.8 Å². The van der Waals surface area contributed by atoms with E-state index in [4.69, 9.17) is 9.47 Å². The molecule has 0 aliphatic carbocycles. The number of piperidine rings is 1. The van der Waals surface area contributed by atoms with Crippen LogP contribution in [-0.2, 0) is 35.1 Å². The molecule has 324 valence electrons. The second-order valence-electron chi connectivity index (χ2n) is 16.1. The number of likely N-dealkylation sites (N-methyl/N-ethyl adjacent to an activating group) is 1. The number of thiazole rings is 1. The summed E-state index contributed by atoms with van der Waals surface area (Å²) in [6.07, 6.45) is 5.88. The molecule has 7 atom stereocenters. The van der Waals surface area contributed by atoms with E-state index in [1.165, 1.54) is 19.1 Å². The molecular weight excluding hydrogens is 763 g/mol. The zero-order valence-electron chi connectivity index (χ0n) is 35.7. The van der Waals surface area contributed by atoms with E-state index < -0.39 is 48.0 Å². The highest BCUT2D eigenvalue weighted by Crippen LogP contribution is 2.32. The molecule has 1 saturated heterocycles. The van der Waals surface area contributed by atoms with Crippen molar-refractivity contribution < 1.29 is 43.7 Å². The van der Waals surface area contributed by atoms with Gasteiger partial charge in [-0.15, -0.1) is 11.3 Å². The number of aromatic hydroxyl groups is 1. The number of hydrogen-bond donors (Lipinski definition) is 4. The normalized spacial score (nSPS) is 17.7. The molecule has 7 unspecified atom stereocenters. The molecule has 0 bridgehead atoms. The van der Waals surface area contributed by atoms with Crippen molar-refractivity contribution in [3.05, 3.63) is 45.9 Å². The van der Waals surface area contributed by atoms with Crippen LogP contribution in [0.2, 0.25) is 0 Å². The quantitative estimate of drug-likeness (QED) is 0.0526. The number of rotatable bonds is 24. The molecule has 2 heterocycles. The monoisotopic (exact) mass is 829 g/mol. The van der Waals surface area contributed by atoms with Gasteiger partial charge in [0.15, 0.2) is 6.10 Å². The Morgan fingerprint density at radius 1 is 1.02 bits per heavy atom. The Balaban J connectivity index is 1.93. The highest BCUT2D eigenvalue weighted by molar-refractivity contribution is 7.09. The van der Waals surface area contributed by atoms with E-state index in [2.05, 4.69) is 22.5 Å². The molecule has 1 aliphatic rings. The maximum absolute atomic E-state index is 14.8. The lowest BCUT2D eigenvalue weighted by Crippen LogP contribution is -2.59. The first-order chi connectivity index (χ1) is 27.6. The summed E-state index contributed by atoms with van der Waals surface area (Å²) in [5, 5.41) is 27.3. The molecule has 3 amide bonds. The van der Waals surface area contributed by atoms with Gasteiger partial charge in [-0.2, -0.15) is 0 Å². The number of aliphatic carboxylic acids is 1. The Morgan fingerprint density at radius 2 is 1.72 bits per heavy atom. The largest absolute Gasteiger partial charge is 0.508 e. The van der Waals surface area contributed by atoms with Crippen LogP contribution in [0.1, 0.15) is 133 Å². The number of carboxylic acid groups (broad SMARTS) is 1. The van der Waals surface area contributed by atoms with Gasteiger partial charge in [-0.05, 0) is 75.2 Å². The summed E-state index contributed by atoms with van der Waals surface area (Å²) in [4.78, 5) is 74.8. The maximum Gasteiger partial charge on any atom is 0.306 e. The van der Waals surface area contributed by atoms with E-state index in [9.17, 15) is 34.2 Å². The summed E-state index contributed by atoms with van der Waals surface area (Å²) in [7, 11) is 1.94. The number of amides is 3. The average molecular weight is 830 g/mol. The van der Waals surface area contributed by atoms with Crippen LogP contribution < -0.4 is 10.6 Å². The minimum Gasteiger partial charge on any atom is -0.508 e. The number of nitrogens with one attached hydrogen (secondary N) is 2. The van der Waals surface area contributed by atoms with Gasteiger partial charge in [-0.3, -0.25) is 28.9 Å². The van der Waals surface area contributed by atoms with Crippen LogP contribution in [0.4, 0.5) is 0 Å². The van der Waals surface area contributed by atoms with Gasteiger partial charge in [0.1, 0.15) is 29.2 Å². The first kappa shape index (κ1) is 48.3. The minimum absolute atomic E-state index is 0.0208. The summed E-state index contributed by atoms with van der Waals surface area (Å²) >= 11 is 1.15. The topological polar surface area (TPSA) is 188 Å². The Labute approximate surface area is 348 Å². The lowest BCUT2D eigenvalue weighted by Gasteiger charge is -2.40. The highest BCUT2D eigenvalue weighted by atomic mass is 32.1. The predicted molar refractivity (Wildman–Crippen MR) is 223 cm³/mol. The number of likely N-dealkylation sites (tertiary alicyclic amines) is 1. The minimum atomic E-state index is -0.988. The van der Waals surface area contributed by atoms with Crippen molar-refractivity contribution in [2.75, 3.05) is 26.9 Å². The molecule has 1 aliphatic heterocycles. The van der Waals surface area contributed by atoms with Crippen LogP contribution in [0.25, 0.3) is 0 Å². The van der Waals surface area contributed by atoms with Gasteiger partial charge in [0.2, 0.25) is 11.8 Å². The van der Waals surface area contributed by atoms with Crippen molar-refractivity contribution in [1.29, 1.82) is 0 Å². The Bertz CT molecular complexity index is 1620. The van der Waals surface area contributed by atoms with Gasteiger partial charge >= 0.3 is 11.9 Å². The van der Waals surface area contributed by atoms with E-state index >= 15 is 0 Å².